The Hall–Kier alpha value is -2.67. The van der Waals surface area contributed by atoms with Crippen LogP contribution in [0.5, 0.6) is 5.75 Å². The Morgan fingerprint density at radius 1 is 1.07 bits per heavy atom. The van der Waals surface area contributed by atoms with E-state index in [2.05, 4.69) is 15.2 Å². The van der Waals surface area contributed by atoms with E-state index in [-0.39, 0.29) is 5.25 Å². The van der Waals surface area contributed by atoms with Gasteiger partial charge in [-0.1, -0.05) is 18.2 Å². The van der Waals surface area contributed by atoms with Crippen LogP contribution in [0.2, 0.25) is 0 Å². The number of rotatable bonds is 5. The molecule has 2 aromatic heterocycles. The van der Waals surface area contributed by atoms with Gasteiger partial charge in [0.25, 0.3) is 0 Å². The first kappa shape index (κ1) is 17.7. The summed E-state index contributed by atoms with van der Waals surface area (Å²) in [6.45, 7) is 0. The molecule has 1 unspecified atom stereocenters. The molecule has 1 saturated carbocycles. The van der Waals surface area contributed by atoms with Crippen molar-refractivity contribution in [1.29, 1.82) is 0 Å². The van der Waals surface area contributed by atoms with Gasteiger partial charge in [-0.15, -0.1) is 10.2 Å². The molecule has 0 N–H and O–H groups in total. The summed E-state index contributed by atoms with van der Waals surface area (Å²) in [5.74, 6) is 1.82. The lowest BCUT2D eigenvalue weighted by Crippen LogP contribution is -2.21. The van der Waals surface area contributed by atoms with Gasteiger partial charge in [0.05, 0.1) is 12.4 Å². The molecule has 1 atom stereocenters. The number of hydrogen-bond donors (Lipinski definition) is 0. The fraction of sp³-hybridized carbons (Fsp3) is 0.300. The van der Waals surface area contributed by atoms with E-state index in [4.69, 9.17) is 4.74 Å². The van der Waals surface area contributed by atoms with Gasteiger partial charge in [-0.3, -0.25) is 14.3 Å². The fourth-order valence-electron chi connectivity index (χ4n) is 3.20. The Morgan fingerprint density at radius 3 is 2.56 bits per heavy atom. The molecule has 0 saturated heterocycles. The van der Waals surface area contributed by atoms with Crippen LogP contribution in [0, 0.1) is 0 Å². The lowest BCUT2D eigenvalue weighted by Gasteiger charge is -2.20. The molecule has 2 heterocycles. The number of carbonyl (C=O) groups is 1. The van der Waals surface area contributed by atoms with E-state index in [9.17, 15) is 4.79 Å². The number of nitrogens with zero attached hydrogens (tertiary/aromatic N) is 4. The second kappa shape index (κ2) is 7.92. The predicted molar refractivity (Wildman–Crippen MR) is 104 cm³/mol. The maximum atomic E-state index is 12.3. The molecule has 3 aromatic rings. The maximum Gasteiger partial charge on any atom is 0.196 e. The van der Waals surface area contributed by atoms with Gasteiger partial charge in [-0.05, 0) is 49.2 Å². The van der Waals surface area contributed by atoms with Crippen LogP contribution in [0.15, 0.2) is 53.9 Å². The van der Waals surface area contributed by atoms with Crippen molar-refractivity contribution in [2.75, 3.05) is 7.11 Å². The summed E-state index contributed by atoms with van der Waals surface area (Å²) in [5, 5.41) is 9.51. The van der Waals surface area contributed by atoms with Gasteiger partial charge in [-0.2, -0.15) is 0 Å². The van der Waals surface area contributed by atoms with E-state index in [1.54, 1.807) is 19.5 Å². The molecule has 1 fully saturated rings. The normalized spacial score (nSPS) is 17.1. The smallest absolute Gasteiger partial charge is 0.196 e. The largest absolute Gasteiger partial charge is 0.497 e. The average molecular weight is 380 g/mol. The third kappa shape index (κ3) is 3.73. The Bertz CT molecular complexity index is 925. The molecule has 0 bridgehead atoms. The number of ether oxygens (including phenoxy) is 1. The zero-order chi connectivity index (χ0) is 18.6. The summed E-state index contributed by atoms with van der Waals surface area (Å²) in [4.78, 5) is 16.4. The predicted octanol–water partition coefficient (Wildman–Crippen LogP) is 3.94. The van der Waals surface area contributed by atoms with Gasteiger partial charge in [0.1, 0.15) is 11.5 Å². The van der Waals surface area contributed by atoms with Crippen LogP contribution in [-0.2, 0) is 4.79 Å². The minimum Gasteiger partial charge on any atom is -0.497 e. The number of pyridine rings is 1. The number of hydrogen-bond acceptors (Lipinski definition) is 6. The molecule has 0 radical (unpaired) electrons. The van der Waals surface area contributed by atoms with E-state index in [1.165, 1.54) is 11.8 Å². The fourth-order valence-corrected chi connectivity index (χ4v) is 4.37. The third-order valence-corrected chi connectivity index (χ3v) is 5.91. The highest BCUT2D eigenvalue weighted by Crippen LogP contribution is 2.34. The zero-order valence-electron chi connectivity index (χ0n) is 15.0. The van der Waals surface area contributed by atoms with Crippen LogP contribution in [0.4, 0.5) is 0 Å². The van der Waals surface area contributed by atoms with E-state index < -0.39 is 0 Å². The second-order valence-corrected chi connectivity index (χ2v) is 7.56. The topological polar surface area (TPSA) is 69.9 Å². The Labute approximate surface area is 162 Å². The first-order valence-corrected chi connectivity index (χ1v) is 9.84. The number of benzene rings is 1. The van der Waals surface area contributed by atoms with Gasteiger partial charge in [-0.25, -0.2) is 0 Å². The van der Waals surface area contributed by atoms with Crippen molar-refractivity contribution >= 4 is 17.5 Å². The standard InChI is InChI=1S/C20H20N4O2S/c1-26-16-8-6-15(7-9-16)24-19(14-10-12-21-13-11-14)22-23-20(24)27-18-5-3-2-4-17(18)25/h6-13,18H,2-5H2,1H3. The molecule has 6 nitrogen and oxygen atoms in total. The van der Waals surface area contributed by atoms with E-state index in [0.29, 0.717) is 12.2 Å². The lowest BCUT2D eigenvalue weighted by atomic mass is 9.99. The van der Waals surface area contributed by atoms with Crippen LogP contribution in [-0.4, -0.2) is 37.9 Å². The van der Waals surface area contributed by atoms with Gasteiger partial charge in [0, 0.05) is 30.1 Å². The first-order chi connectivity index (χ1) is 13.3. The number of methoxy groups -OCH3 is 1. The molecule has 0 aliphatic heterocycles. The van der Waals surface area contributed by atoms with Gasteiger partial charge in [0.2, 0.25) is 0 Å². The maximum absolute atomic E-state index is 12.3. The number of aromatic nitrogens is 4. The Balaban J connectivity index is 1.76. The summed E-state index contributed by atoms with van der Waals surface area (Å²) in [6.07, 6.45) is 7.09. The molecule has 0 amide bonds. The highest BCUT2D eigenvalue weighted by Gasteiger charge is 2.27. The van der Waals surface area contributed by atoms with Crippen molar-refractivity contribution in [3.63, 3.8) is 0 Å². The van der Waals surface area contributed by atoms with Crippen LogP contribution in [0.3, 0.4) is 0 Å². The summed E-state index contributed by atoms with van der Waals surface area (Å²) < 4.78 is 7.27. The van der Waals surface area contributed by atoms with Crippen LogP contribution < -0.4 is 4.74 Å². The van der Waals surface area contributed by atoms with E-state index in [0.717, 1.165) is 47.2 Å². The van der Waals surface area contributed by atoms with Crippen molar-refractivity contribution in [1.82, 2.24) is 19.7 Å². The van der Waals surface area contributed by atoms with Crippen molar-refractivity contribution in [2.45, 2.75) is 36.1 Å². The zero-order valence-corrected chi connectivity index (χ0v) is 15.9. The second-order valence-electron chi connectivity index (χ2n) is 6.39. The highest BCUT2D eigenvalue weighted by molar-refractivity contribution is 8.00. The average Bonchev–Trinajstić information content (AvgIpc) is 3.14. The SMILES string of the molecule is COc1ccc(-n2c(SC3CCCCC3=O)nnc2-c2ccncc2)cc1. The quantitative estimate of drug-likeness (QED) is 0.668. The van der Waals surface area contributed by atoms with Crippen molar-refractivity contribution < 1.29 is 9.53 Å². The van der Waals surface area contributed by atoms with Crippen LogP contribution in [0.25, 0.3) is 17.1 Å². The van der Waals surface area contributed by atoms with Crippen molar-refractivity contribution in [2.24, 2.45) is 0 Å². The minimum atomic E-state index is -0.0507. The van der Waals surface area contributed by atoms with Crippen LogP contribution in [0.1, 0.15) is 25.7 Å². The Morgan fingerprint density at radius 2 is 1.85 bits per heavy atom. The summed E-state index contributed by atoms with van der Waals surface area (Å²) in [7, 11) is 1.64. The highest BCUT2D eigenvalue weighted by atomic mass is 32.2. The molecule has 1 aromatic carbocycles. The number of ketones is 1. The van der Waals surface area contributed by atoms with Gasteiger partial charge < -0.3 is 4.74 Å². The first-order valence-electron chi connectivity index (χ1n) is 8.96. The number of carbonyl (C=O) groups excluding carboxylic acids is 1. The molecule has 138 valence electrons. The summed E-state index contributed by atoms with van der Waals surface area (Å²) in [5.41, 5.74) is 1.86. The van der Waals surface area contributed by atoms with Crippen molar-refractivity contribution in [3.8, 4) is 22.8 Å². The molecule has 7 heteroatoms. The Kier molecular flexibility index (Phi) is 5.20. The molecule has 1 aliphatic carbocycles. The molecule has 0 spiro atoms. The lowest BCUT2D eigenvalue weighted by molar-refractivity contribution is -0.119. The van der Waals surface area contributed by atoms with Crippen molar-refractivity contribution in [3.05, 3.63) is 48.8 Å². The number of thioether (sulfide) groups is 1. The monoisotopic (exact) mass is 380 g/mol. The molecular formula is C20H20N4O2S. The molecule has 4 rings (SSSR count). The van der Waals surface area contributed by atoms with E-state index in [1.807, 2.05) is 41.0 Å². The van der Waals surface area contributed by atoms with Crippen LogP contribution >= 0.6 is 11.8 Å². The molecule has 27 heavy (non-hydrogen) atoms. The van der Waals surface area contributed by atoms with Gasteiger partial charge >= 0.3 is 0 Å². The van der Waals surface area contributed by atoms with E-state index >= 15 is 0 Å². The minimum absolute atomic E-state index is 0.0507. The molecular weight excluding hydrogens is 360 g/mol. The van der Waals surface area contributed by atoms with Gasteiger partial charge in [0.15, 0.2) is 11.0 Å². The summed E-state index contributed by atoms with van der Waals surface area (Å²) >= 11 is 1.51. The number of Topliss-reactive ketones (excluding diaryl/α,β-unsaturated/α-hetero) is 1. The molecule has 1 aliphatic rings. The third-order valence-electron chi connectivity index (χ3n) is 4.65. The summed E-state index contributed by atoms with van der Waals surface area (Å²) in [6, 6.07) is 11.6.